The van der Waals surface area contributed by atoms with Crippen LogP contribution in [-0.4, -0.2) is 11.7 Å². The highest BCUT2D eigenvalue weighted by molar-refractivity contribution is 5.60. The molecule has 15 heavy (non-hydrogen) atoms. The van der Waals surface area contributed by atoms with Gasteiger partial charge in [0.25, 0.3) is 0 Å². The van der Waals surface area contributed by atoms with Crippen LogP contribution >= 0.6 is 0 Å². The highest BCUT2D eigenvalue weighted by Gasteiger charge is 2.35. The minimum atomic E-state index is 0.136. The lowest BCUT2D eigenvalue weighted by Gasteiger charge is -2.40. The lowest BCUT2D eigenvalue weighted by atomic mass is 9.99. The molecule has 0 amide bonds. The first-order chi connectivity index (χ1) is 7.06. The molecule has 0 bridgehead atoms. The van der Waals surface area contributed by atoms with E-state index in [1.54, 1.807) is 0 Å². The van der Waals surface area contributed by atoms with Gasteiger partial charge in [0.05, 0.1) is 6.17 Å². The van der Waals surface area contributed by atoms with Gasteiger partial charge >= 0.3 is 0 Å². The van der Waals surface area contributed by atoms with Crippen LogP contribution in [0, 0.1) is 0 Å². The van der Waals surface area contributed by atoms with E-state index in [4.69, 9.17) is 5.73 Å². The van der Waals surface area contributed by atoms with Crippen molar-refractivity contribution in [2.75, 3.05) is 4.90 Å². The lowest BCUT2D eigenvalue weighted by Crippen LogP contribution is -2.51. The van der Waals surface area contributed by atoms with E-state index in [0.29, 0.717) is 0 Å². The molecule has 2 rings (SSSR count). The van der Waals surface area contributed by atoms with Gasteiger partial charge < -0.3 is 10.6 Å². The number of para-hydroxylation sites is 1. The molecule has 1 aliphatic heterocycles. The minimum absolute atomic E-state index is 0.136. The van der Waals surface area contributed by atoms with Crippen LogP contribution in [-0.2, 0) is 6.42 Å². The predicted octanol–water partition coefficient (Wildman–Crippen LogP) is 2.52. The van der Waals surface area contributed by atoms with Gasteiger partial charge in [0.1, 0.15) is 0 Å². The second-order valence-corrected chi connectivity index (χ2v) is 4.94. The van der Waals surface area contributed by atoms with Gasteiger partial charge in [-0.15, -0.1) is 0 Å². The van der Waals surface area contributed by atoms with Gasteiger partial charge in [-0.05, 0) is 31.9 Å². The van der Waals surface area contributed by atoms with Crippen LogP contribution in [0.1, 0.15) is 32.8 Å². The summed E-state index contributed by atoms with van der Waals surface area (Å²) in [6, 6.07) is 8.55. The number of fused-ring (bicyclic) bond motifs is 1. The first kappa shape index (κ1) is 10.5. The summed E-state index contributed by atoms with van der Waals surface area (Å²) in [5.41, 5.74) is 9.06. The Balaban J connectivity index is 2.42. The fourth-order valence-electron chi connectivity index (χ4n) is 2.36. The molecule has 0 saturated heterocycles. The van der Waals surface area contributed by atoms with Gasteiger partial charge in [-0.25, -0.2) is 0 Å². The maximum Gasteiger partial charge on any atom is 0.0818 e. The molecule has 1 aliphatic rings. The molecule has 0 saturated carbocycles. The Labute approximate surface area is 92.1 Å². The summed E-state index contributed by atoms with van der Waals surface area (Å²) in [7, 11) is 0. The monoisotopic (exact) mass is 204 g/mol. The lowest BCUT2D eigenvalue weighted by molar-refractivity contribution is 0.411. The van der Waals surface area contributed by atoms with Crippen molar-refractivity contribution in [2.45, 2.75) is 45.3 Å². The molecule has 1 atom stereocenters. The summed E-state index contributed by atoms with van der Waals surface area (Å²) in [5.74, 6) is 0. The second-order valence-electron chi connectivity index (χ2n) is 4.94. The fraction of sp³-hybridized carbons (Fsp3) is 0.538. The fourth-order valence-corrected chi connectivity index (χ4v) is 2.36. The number of nitrogens with two attached hydrogens (primary N) is 1. The van der Waals surface area contributed by atoms with Crippen LogP contribution in [0.5, 0.6) is 0 Å². The minimum Gasteiger partial charge on any atom is -0.351 e. The molecular formula is C13H20N2. The van der Waals surface area contributed by atoms with E-state index in [9.17, 15) is 0 Å². The van der Waals surface area contributed by atoms with E-state index in [0.717, 1.165) is 12.8 Å². The Morgan fingerprint density at radius 1 is 1.40 bits per heavy atom. The molecule has 0 fully saturated rings. The number of nitrogens with zero attached hydrogens (tertiary/aromatic N) is 1. The molecule has 1 aromatic rings. The predicted molar refractivity (Wildman–Crippen MR) is 65.0 cm³/mol. The van der Waals surface area contributed by atoms with Crippen molar-refractivity contribution in [3.63, 3.8) is 0 Å². The summed E-state index contributed by atoms with van der Waals surface area (Å²) in [4.78, 5) is 2.36. The Morgan fingerprint density at radius 3 is 2.73 bits per heavy atom. The molecule has 2 nitrogen and oxygen atoms in total. The summed E-state index contributed by atoms with van der Waals surface area (Å²) >= 11 is 0. The molecule has 0 spiro atoms. The quantitative estimate of drug-likeness (QED) is 0.802. The van der Waals surface area contributed by atoms with Gasteiger partial charge in [-0.1, -0.05) is 25.1 Å². The molecular weight excluding hydrogens is 184 g/mol. The van der Waals surface area contributed by atoms with Crippen LogP contribution in [0.15, 0.2) is 24.3 Å². The molecule has 1 heterocycles. The van der Waals surface area contributed by atoms with Crippen molar-refractivity contribution in [1.29, 1.82) is 0 Å². The van der Waals surface area contributed by atoms with Crippen LogP contribution in [0.3, 0.4) is 0 Å². The van der Waals surface area contributed by atoms with Crippen molar-refractivity contribution in [1.82, 2.24) is 0 Å². The standard InChI is InChI=1S/C13H20N2/c1-4-13(2,3)15-11-8-6-5-7-10(11)9-12(15)14/h5-8,12H,4,9,14H2,1-3H3. The average molecular weight is 204 g/mol. The summed E-state index contributed by atoms with van der Waals surface area (Å²) in [6.45, 7) is 6.73. The highest BCUT2D eigenvalue weighted by atomic mass is 15.3. The van der Waals surface area contributed by atoms with Crippen molar-refractivity contribution < 1.29 is 0 Å². The van der Waals surface area contributed by atoms with Crippen molar-refractivity contribution in [2.24, 2.45) is 5.73 Å². The van der Waals surface area contributed by atoms with Crippen molar-refractivity contribution in [3.8, 4) is 0 Å². The third-order valence-electron chi connectivity index (χ3n) is 3.53. The van der Waals surface area contributed by atoms with Crippen LogP contribution < -0.4 is 10.6 Å². The third kappa shape index (κ3) is 1.63. The third-order valence-corrected chi connectivity index (χ3v) is 3.53. The highest BCUT2D eigenvalue weighted by Crippen LogP contribution is 2.36. The van der Waals surface area contributed by atoms with Gasteiger partial charge in [0.2, 0.25) is 0 Å². The number of anilines is 1. The molecule has 82 valence electrons. The first-order valence-electron chi connectivity index (χ1n) is 5.69. The van der Waals surface area contributed by atoms with Gasteiger partial charge in [-0.2, -0.15) is 0 Å². The SMILES string of the molecule is CCC(C)(C)N1c2ccccc2CC1N. The largest absolute Gasteiger partial charge is 0.351 e. The van der Waals surface area contributed by atoms with Crippen LogP contribution in [0.25, 0.3) is 0 Å². The Kier molecular flexibility index (Phi) is 2.47. The zero-order valence-corrected chi connectivity index (χ0v) is 9.83. The van der Waals surface area contributed by atoms with E-state index in [2.05, 4.69) is 49.9 Å². The summed E-state index contributed by atoms with van der Waals surface area (Å²) in [6.07, 6.45) is 2.21. The maximum atomic E-state index is 6.22. The van der Waals surface area contributed by atoms with Crippen LogP contribution in [0.4, 0.5) is 5.69 Å². The van der Waals surface area contributed by atoms with Gasteiger partial charge in [0, 0.05) is 17.6 Å². The summed E-state index contributed by atoms with van der Waals surface area (Å²) < 4.78 is 0. The van der Waals surface area contributed by atoms with Crippen LogP contribution in [0.2, 0.25) is 0 Å². The van der Waals surface area contributed by atoms with E-state index >= 15 is 0 Å². The Hall–Kier alpha value is -1.02. The molecule has 1 aromatic carbocycles. The van der Waals surface area contributed by atoms with Gasteiger partial charge in [-0.3, -0.25) is 0 Å². The van der Waals surface area contributed by atoms with E-state index < -0.39 is 0 Å². The molecule has 2 heteroatoms. The molecule has 0 aliphatic carbocycles. The number of rotatable bonds is 2. The van der Waals surface area contributed by atoms with Gasteiger partial charge in [0.15, 0.2) is 0 Å². The number of hydrogen-bond donors (Lipinski definition) is 1. The number of hydrogen-bond acceptors (Lipinski definition) is 2. The van der Waals surface area contributed by atoms with Crippen molar-refractivity contribution in [3.05, 3.63) is 29.8 Å². The second kappa shape index (κ2) is 3.53. The Bertz CT molecular complexity index is 357. The number of benzene rings is 1. The van der Waals surface area contributed by atoms with E-state index in [1.165, 1.54) is 11.3 Å². The topological polar surface area (TPSA) is 29.3 Å². The van der Waals surface area contributed by atoms with E-state index in [1.807, 2.05) is 0 Å². The smallest absolute Gasteiger partial charge is 0.0818 e. The Morgan fingerprint density at radius 2 is 2.07 bits per heavy atom. The summed E-state index contributed by atoms with van der Waals surface area (Å²) in [5, 5.41) is 0. The average Bonchev–Trinajstić information content (AvgIpc) is 2.54. The molecule has 1 unspecified atom stereocenters. The molecule has 0 aromatic heterocycles. The zero-order chi connectivity index (χ0) is 11.1. The maximum absolute atomic E-state index is 6.22. The molecule has 0 radical (unpaired) electrons. The van der Waals surface area contributed by atoms with Crippen molar-refractivity contribution >= 4 is 5.69 Å². The first-order valence-corrected chi connectivity index (χ1v) is 5.69. The zero-order valence-electron chi connectivity index (χ0n) is 9.83. The molecule has 2 N–H and O–H groups in total. The van der Waals surface area contributed by atoms with E-state index in [-0.39, 0.29) is 11.7 Å². The normalized spacial score (nSPS) is 20.5.